The van der Waals surface area contributed by atoms with Crippen LogP contribution in [0, 0.1) is 0 Å². The Hall–Kier alpha value is -2.40. The number of ketones is 1. The Labute approximate surface area is 130 Å². The number of fused-ring (bicyclic) bond motifs is 3. The summed E-state index contributed by atoms with van der Waals surface area (Å²) in [6, 6.07) is 6.97. The van der Waals surface area contributed by atoms with Crippen molar-refractivity contribution in [1.82, 2.24) is 14.8 Å². The molecule has 0 amide bonds. The van der Waals surface area contributed by atoms with Gasteiger partial charge in [0.1, 0.15) is 0 Å². The van der Waals surface area contributed by atoms with Crippen LogP contribution >= 0.6 is 11.6 Å². The second-order valence-corrected chi connectivity index (χ2v) is 5.82. The lowest BCUT2D eigenvalue weighted by atomic mass is 9.90. The number of carbonyl (C=O) groups excluding carboxylic acids is 1. The quantitative estimate of drug-likeness (QED) is 0.751. The van der Waals surface area contributed by atoms with Gasteiger partial charge in [0.15, 0.2) is 11.4 Å². The molecule has 110 valence electrons. The van der Waals surface area contributed by atoms with Crippen LogP contribution in [-0.2, 0) is 6.42 Å². The molecule has 0 bridgehead atoms. The van der Waals surface area contributed by atoms with Crippen LogP contribution in [0.3, 0.4) is 0 Å². The number of nitrogens with one attached hydrogen (secondary N) is 1. The second kappa shape index (κ2) is 4.81. The van der Waals surface area contributed by atoms with Crippen LogP contribution in [0.5, 0.6) is 0 Å². The Balaban J connectivity index is 2.00. The molecule has 1 aliphatic rings. The van der Waals surface area contributed by atoms with E-state index >= 15 is 0 Å². The van der Waals surface area contributed by atoms with Crippen molar-refractivity contribution in [3.8, 4) is 5.69 Å². The Bertz CT molecular complexity index is 954. The number of hydrogen-bond donors (Lipinski definition) is 1. The van der Waals surface area contributed by atoms with Gasteiger partial charge in [-0.25, -0.2) is 9.67 Å². The fraction of sp³-hybridized carbons (Fsp3) is 0.188. The summed E-state index contributed by atoms with van der Waals surface area (Å²) >= 11 is 5.88. The van der Waals surface area contributed by atoms with Crippen LogP contribution in [-0.4, -0.2) is 20.5 Å². The maximum absolute atomic E-state index is 12.7. The minimum Gasteiger partial charge on any atom is -0.294 e. The first-order valence-corrected chi connectivity index (χ1v) is 7.44. The summed E-state index contributed by atoms with van der Waals surface area (Å²) < 4.78 is 1.44. The molecule has 1 aliphatic carbocycles. The van der Waals surface area contributed by atoms with Gasteiger partial charge >= 0.3 is 0 Å². The van der Waals surface area contributed by atoms with Gasteiger partial charge in [-0.05, 0) is 42.7 Å². The molecule has 0 aliphatic heterocycles. The average Bonchev–Trinajstić information content (AvgIpc) is 2.86. The maximum Gasteiger partial charge on any atom is 0.281 e. The SMILES string of the molecule is O=C1CCCc2c1cnc1[nH]n(-c3ccc(Cl)cc3)c(=O)c21. The minimum atomic E-state index is -0.184. The second-order valence-electron chi connectivity index (χ2n) is 5.38. The predicted octanol–water partition coefficient (Wildman–Crippen LogP) is 2.89. The smallest absolute Gasteiger partial charge is 0.281 e. The first kappa shape index (κ1) is 13.3. The van der Waals surface area contributed by atoms with Crippen molar-refractivity contribution >= 4 is 28.4 Å². The molecule has 1 aromatic carbocycles. The standard InChI is InChI=1S/C16H12ClN3O2/c17-9-4-6-10(7-5-9)20-16(22)14-11-2-1-3-13(21)12(11)8-18-15(14)19-20/h4-8H,1-3H2,(H,18,19). The van der Waals surface area contributed by atoms with Gasteiger partial charge in [0.05, 0.1) is 11.1 Å². The molecule has 4 rings (SSSR count). The maximum atomic E-state index is 12.7. The lowest BCUT2D eigenvalue weighted by molar-refractivity contribution is 0.0972. The summed E-state index contributed by atoms with van der Waals surface area (Å²) in [6.45, 7) is 0. The number of pyridine rings is 1. The lowest BCUT2D eigenvalue weighted by Crippen LogP contribution is -2.17. The molecule has 0 spiro atoms. The third-order valence-electron chi connectivity index (χ3n) is 4.04. The molecule has 22 heavy (non-hydrogen) atoms. The van der Waals surface area contributed by atoms with Gasteiger partial charge < -0.3 is 0 Å². The fourth-order valence-electron chi connectivity index (χ4n) is 2.97. The number of H-pyrrole nitrogens is 1. The molecular weight excluding hydrogens is 302 g/mol. The van der Waals surface area contributed by atoms with Crippen LogP contribution in [0.25, 0.3) is 16.7 Å². The molecule has 0 saturated carbocycles. The number of aromatic amines is 1. The number of aromatic nitrogens is 3. The highest BCUT2D eigenvalue weighted by Gasteiger charge is 2.23. The fourth-order valence-corrected chi connectivity index (χ4v) is 3.09. The van der Waals surface area contributed by atoms with Crippen molar-refractivity contribution < 1.29 is 4.79 Å². The van der Waals surface area contributed by atoms with Gasteiger partial charge in [-0.15, -0.1) is 0 Å². The van der Waals surface area contributed by atoms with Crippen LogP contribution in [0.4, 0.5) is 0 Å². The highest BCUT2D eigenvalue weighted by atomic mass is 35.5. The first-order chi connectivity index (χ1) is 10.6. The Morgan fingerprint density at radius 1 is 1.14 bits per heavy atom. The van der Waals surface area contributed by atoms with Crippen LogP contribution in [0.15, 0.2) is 35.3 Å². The number of hydrogen-bond acceptors (Lipinski definition) is 3. The third kappa shape index (κ3) is 1.89. The van der Waals surface area contributed by atoms with Crippen LogP contribution < -0.4 is 5.56 Å². The molecule has 2 heterocycles. The van der Waals surface area contributed by atoms with E-state index in [4.69, 9.17) is 11.6 Å². The van der Waals surface area contributed by atoms with Gasteiger partial charge in [0, 0.05) is 23.2 Å². The summed E-state index contributed by atoms with van der Waals surface area (Å²) in [6.07, 6.45) is 3.60. The summed E-state index contributed by atoms with van der Waals surface area (Å²) in [5.74, 6) is 0.0642. The number of rotatable bonds is 1. The van der Waals surface area contributed by atoms with Crippen molar-refractivity contribution in [2.75, 3.05) is 0 Å². The van der Waals surface area contributed by atoms with E-state index in [1.54, 1.807) is 30.5 Å². The molecule has 6 heteroatoms. The number of halogens is 1. The minimum absolute atomic E-state index is 0.0642. The van der Waals surface area contributed by atoms with Gasteiger partial charge in [-0.3, -0.25) is 14.7 Å². The zero-order valence-electron chi connectivity index (χ0n) is 11.6. The Morgan fingerprint density at radius 2 is 1.91 bits per heavy atom. The molecule has 5 nitrogen and oxygen atoms in total. The van der Waals surface area contributed by atoms with E-state index < -0.39 is 0 Å². The zero-order chi connectivity index (χ0) is 15.3. The third-order valence-corrected chi connectivity index (χ3v) is 4.29. The van der Waals surface area contributed by atoms with Crippen LogP contribution in [0.2, 0.25) is 5.02 Å². The van der Waals surface area contributed by atoms with Gasteiger partial charge in [0.25, 0.3) is 5.56 Å². The van der Waals surface area contributed by atoms with E-state index in [-0.39, 0.29) is 11.3 Å². The van der Waals surface area contributed by atoms with Gasteiger partial charge in [-0.2, -0.15) is 0 Å². The molecule has 2 aromatic heterocycles. The van der Waals surface area contributed by atoms with Gasteiger partial charge in [-0.1, -0.05) is 11.6 Å². The predicted molar refractivity (Wildman–Crippen MR) is 84.0 cm³/mol. The normalized spacial score (nSPS) is 14.3. The highest BCUT2D eigenvalue weighted by molar-refractivity contribution is 6.30. The summed E-state index contributed by atoms with van der Waals surface area (Å²) in [4.78, 5) is 29.0. The summed E-state index contributed by atoms with van der Waals surface area (Å²) in [7, 11) is 0. The monoisotopic (exact) mass is 313 g/mol. The molecule has 0 atom stereocenters. The van der Waals surface area contributed by atoms with Crippen molar-refractivity contribution in [3.05, 3.63) is 57.0 Å². The number of Topliss-reactive ketones (excluding diaryl/α,β-unsaturated/α-hetero) is 1. The van der Waals surface area contributed by atoms with Crippen molar-refractivity contribution in [3.63, 3.8) is 0 Å². The summed E-state index contributed by atoms with van der Waals surface area (Å²) in [5, 5.41) is 4.12. The number of benzene rings is 1. The Kier molecular flexibility index (Phi) is 2.90. The Morgan fingerprint density at radius 3 is 2.68 bits per heavy atom. The molecule has 3 aromatic rings. The molecule has 0 saturated heterocycles. The van der Waals surface area contributed by atoms with Crippen molar-refractivity contribution in [2.24, 2.45) is 0 Å². The van der Waals surface area contributed by atoms with Gasteiger partial charge in [0.2, 0.25) is 0 Å². The van der Waals surface area contributed by atoms with E-state index in [9.17, 15) is 9.59 Å². The van der Waals surface area contributed by atoms with E-state index in [0.717, 1.165) is 18.4 Å². The summed E-state index contributed by atoms with van der Waals surface area (Å²) in [5.41, 5.74) is 2.40. The van der Waals surface area contributed by atoms with Crippen molar-refractivity contribution in [2.45, 2.75) is 19.3 Å². The number of aryl methyl sites for hydroxylation is 1. The zero-order valence-corrected chi connectivity index (χ0v) is 12.4. The number of carbonyl (C=O) groups is 1. The topological polar surface area (TPSA) is 67.8 Å². The molecule has 0 radical (unpaired) electrons. The van der Waals surface area contributed by atoms with E-state index in [1.807, 2.05) is 0 Å². The number of nitrogens with zero attached hydrogens (tertiary/aromatic N) is 2. The molecule has 0 unspecified atom stereocenters. The molecule has 1 N–H and O–H groups in total. The highest BCUT2D eigenvalue weighted by Crippen LogP contribution is 2.25. The van der Waals surface area contributed by atoms with Crippen LogP contribution in [0.1, 0.15) is 28.8 Å². The largest absolute Gasteiger partial charge is 0.294 e. The first-order valence-electron chi connectivity index (χ1n) is 7.07. The molecule has 0 fully saturated rings. The van der Waals surface area contributed by atoms with E-state index in [0.29, 0.717) is 33.7 Å². The lowest BCUT2D eigenvalue weighted by Gasteiger charge is -2.13. The van der Waals surface area contributed by atoms with E-state index in [2.05, 4.69) is 10.1 Å². The average molecular weight is 314 g/mol. The van der Waals surface area contributed by atoms with Crippen molar-refractivity contribution in [1.29, 1.82) is 0 Å². The van der Waals surface area contributed by atoms with E-state index in [1.165, 1.54) is 4.68 Å². The molecular formula is C16H12ClN3O2.